The molecule has 1 amide bonds. The number of carbonyl (C=O) groups is 1. The Kier molecular flexibility index (Phi) is 6.29. The summed E-state index contributed by atoms with van der Waals surface area (Å²) in [6.07, 6.45) is 0.647. The summed E-state index contributed by atoms with van der Waals surface area (Å²) < 4.78 is 23.5. The molecular formula is C19H18BrN3O3S2. The highest BCUT2D eigenvalue weighted by Gasteiger charge is 2.15. The van der Waals surface area contributed by atoms with Crippen molar-refractivity contribution in [3.63, 3.8) is 0 Å². The Bertz CT molecular complexity index is 1110. The molecule has 1 heterocycles. The number of carbonyl (C=O) groups excluding carboxylic acids is 1. The number of rotatable bonds is 6. The van der Waals surface area contributed by atoms with Crippen molar-refractivity contribution < 1.29 is 13.2 Å². The van der Waals surface area contributed by atoms with E-state index >= 15 is 0 Å². The summed E-state index contributed by atoms with van der Waals surface area (Å²) in [5.74, 6) is -0.369. The van der Waals surface area contributed by atoms with Gasteiger partial charge in [-0.1, -0.05) is 24.3 Å². The van der Waals surface area contributed by atoms with E-state index in [1.807, 2.05) is 36.6 Å². The third-order valence-electron chi connectivity index (χ3n) is 4.08. The second-order valence-corrected chi connectivity index (χ2v) is 9.62. The minimum Gasteiger partial charge on any atom is -0.352 e. The highest BCUT2D eigenvalue weighted by Crippen LogP contribution is 2.22. The fourth-order valence-corrected chi connectivity index (χ4v) is 4.20. The average molecular weight is 480 g/mol. The van der Waals surface area contributed by atoms with Crippen LogP contribution in [-0.2, 0) is 16.4 Å². The van der Waals surface area contributed by atoms with E-state index < -0.39 is 10.0 Å². The van der Waals surface area contributed by atoms with E-state index in [0.29, 0.717) is 17.4 Å². The number of halogens is 1. The van der Waals surface area contributed by atoms with E-state index in [0.717, 1.165) is 21.8 Å². The van der Waals surface area contributed by atoms with E-state index in [2.05, 4.69) is 26.2 Å². The van der Waals surface area contributed by atoms with E-state index in [4.69, 9.17) is 5.14 Å². The molecule has 0 aliphatic heterocycles. The first-order valence-corrected chi connectivity index (χ1v) is 11.6. The normalized spacial score (nSPS) is 11.4. The molecule has 2 aromatic carbocycles. The van der Waals surface area contributed by atoms with E-state index in [1.165, 1.54) is 18.2 Å². The number of nitrogens with two attached hydrogens (primary N) is 1. The summed E-state index contributed by atoms with van der Waals surface area (Å²) in [4.78, 5) is 16.8. The van der Waals surface area contributed by atoms with Crippen molar-refractivity contribution in [2.45, 2.75) is 18.2 Å². The molecule has 0 saturated heterocycles. The summed E-state index contributed by atoms with van der Waals surface area (Å²) in [5.41, 5.74) is 3.32. The van der Waals surface area contributed by atoms with Crippen LogP contribution in [0.15, 0.2) is 57.2 Å². The van der Waals surface area contributed by atoms with Gasteiger partial charge in [0.05, 0.1) is 21.2 Å². The minimum atomic E-state index is -3.87. The summed E-state index contributed by atoms with van der Waals surface area (Å²) in [7, 11) is -3.87. The number of primary sulfonamides is 1. The monoisotopic (exact) mass is 479 g/mol. The number of aryl methyl sites for hydroxylation is 1. The summed E-state index contributed by atoms with van der Waals surface area (Å²) in [6.45, 7) is 2.39. The number of amides is 1. The molecule has 9 heteroatoms. The zero-order valence-corrected chi connectivity index (χ0v) is 18.2. The van der Waals surface area contributed by atoms with Crippen molar-refractivity contribution >= 4 is 43.2 Å². The second-order valence-electron chi connectivity index (χ2n) is 6.14. The molecule has 146 valence electrons. The lowest BCUT2D eigenvalue weighted by Crippen LogP contribution is -2.26. The van der Waals surface area contributed by atoms with Crippen LogP contribution in [-0.4, -0.2) is 25.9 Å². The topological polar surface area (TPSA) is 102 Å². The van der Waals surface area contributed by atoms with Gasteiger partial charge in [0, 0.05) is 22.0 Å². The molecule has 28 heavy (non-hydrogen) atoms. The summed E-state index contributed by atoms with van der Waals surface area (Å²) >= 11 is 4.88. The van der Waals surface area contributed by atoms with E-state index in [-0.39, 0.29) is 16.4 Å². The van der Waals surface area contributed by atoms with Gasteiger partial charge in [-0.2, -0.15) is 0 Å². The van der Waals surface area contributed by atoms with Crippen molar-refractivity contribution in [3.8, 4) is 11.3 Å². The predicted octanol–water partition coefficient (Wildman–Crippen LogP) is 3.50. The van der Waals surface area contributed by atoms with Crippen LogP contribution in [0.2, 0.25) is 0 Å². The summed E-state index contributed by atoms with van der Waals surface area (Å²) in [6, 6.07) is 12.1. The Morgan fingerprint density at radius 2 is 1.93 bits per heavy atom. The number of hydrogen-bond donors (Lipinski definition) is 2. The molecule has 3 aromatic rings. The molecule has 0 aliphatic carbocycles. The average Bonchev–Trinajstić information content (AvgIpc) is 3.08. The molecule has 0 fully saturated rings. The van der Waals surface area contributed by atoms with Gasteiger partial charge in [0.15, 0.2) is 0 Å². The molecule has 0 radical (unpaired) electrons. The number of nitrogens with one attached hydrogen (secondary N) is 1. The van der Waals surface area contributed by atoms with Gasteiger partial charge < -0.3 is 5.32 Å². The van der Waals surface area contributed by atoms with Gasteiger partial charge in [-0.05, 0) is 53.0 Å². The molecule has 1 aromatic heterocycles. The Morgan fingerprint density at radius 3 is 2.54 bits per heavy atom. The largest absolute Gasteiger partial charge is 0.352 e. The highest BCUT2D eigenvalue weighted by atomic mass is 79.9. The van der Waals surface area contributed by atoms with Crippen LogP contribution in [0, 0.1) is 6.92 Å². The van der Waals surface area contributed by atoms with Crippen molar-refractivity contribution in [3.05, 3.63) is 68.5 Å². The lowest BCUT2D eigenvalue weighted by molar-refractivity contribution is 0.0953. The number of nitrogens with zero attached hydrogens (tertiary/aromatic N) is 1. The SMILES string of the molecule is Cc1nc(-c2ccc(CCNC(=O)c3cc(S(N)(=O)=O)ccc3Br)cc2)cs1. The lowest BCUT2D eigenvalue weighted by Gasteiger charge is -2.09. The van der Waals surface area contributed by atoms with Crippen LogP contribution < -0.4 is 10.5 Å². The molecule has 0 bridgehead atoms. The zero-order chi connectivity index (χ0) is 20.3. The summed E-state index contributed by atoms with van der Waals surface area (Å²) in [5, 5.41) is 11.0. The van der Waals surface area contributed by atoms with Crippen molar-refractivity contribution in [2.24, 2.45) is 5.14 Å². The first-order chi connectivity index (χ1) is 13.2. The van der Waals surface area contributed by atoms with Crippen molar-refractivity contribution in [2.75, 3.05) is 6.54 Å². The van der Waals surface area contributed by atoms with Crippen LogP contribution in [0.25, 0.3) is 11.3 Å². The Labute approximate surface area is 176 Å². The third-order valence-corrected chi connectivity index (χ3v) is 6.45. The standard InChI is InChI=1S/C19H18BrN3O3S2/c1-12-23-18(11-27-12)14-4-2-13(3-5-14)8-9-22-19(24)16-10-15(28(21,25)26)6-7-17(16)20/h2-7,10-11H,8-9H2,1H3,(H,22,24)(H2,21,25,26). The third kappa shape index (κ3) is 5.05. The molecule has 6 nitrogen and oxygen atoms in total. The molecule has 0 unspecified atom stereocenters. The van der Waals surface area contributed by atoms with E-state index in [9.17, 15) is 13.2 Å². The van der Waals surface area contributed by atoms with Gasteiger partial charge in [0.1, 0.15) is 0 Å². The maximum absolute atomic E-state index is 12.4. The van der Waals surface area contributed by atoms with Gasteiger partial charge in [-0.3, -0.25) is 4.79 Å². The number of benzene rings is 2. The maximum Gasteiger partial charge on any atom is 0.252 e. The zero-order valence-electron chi connectivity index (χ0n) is 15.0. The fourth-order valence-electron chi connectivity index (χ4n) is 2.61. The van der Waals surface area contributed by atoms with E-state index in [1.54, 1.807) is 11.3 Å². The molecular weight excluding hydrogens is 462 g/mol. The van der Waals surface area contributed by atoms with Crippen LogP contribution in [0.5, 0.6) is 0 Å². The molecule has 0 saturated carbocycles. The van der Waals surface area contributed by atoms with Gasteiger partial charge in [-0.15, -0.1) is 11.3 Å². The quantitative estimate of drug-likeness (QED) is 0.564. The van der Waals surface area contributed by atoms with Crippen LogP contribution in [0.1, 0.15) is 20.9 Å². The minimum absolute atomic E-state index is 0.103. The Balaban J connectivity index is 1.61. The number of sulfonamides is 1. The predicted molar refractivity (Wildman–Crippen MR) is 114 cm³/mol. The maximum atomic E-state index is 12.4. The Hall–Kier alpha value is -2.07. The smallest absolute Gasteiger partial charge is 0.252 e. The van der Waals surface area contributed by atoms with Crippen LogP contribution in [0.4, 0.5) is 0 Å². The van der Waals surface area contributed by atoms with Gasteiger partial charge in [-0.25, -0.2) is 18.5 Å². The molecule has 3 N–H and O–H groups in total. The molecule has 3 rings (SSSR count). The highest BCUT2D eigenvalue weighted by molar-refractivity contribution is 9.10. The first kappa shape index (κ1) is 20.7. The molecule has 0 aliphatic rings. The number of aromatic nitrogens is 1. The number of thiazole rings is 1. The fraction of sp³-hybridized carbons (Fsp3) is 0.158. The van der Waals surface area contributed by atoms with Crippen molar-refractivity contribution in [1.82, 2.24) is 10.3 Å². The molecule has 0 spiro atoms. The Morgan fingerprint density at radius 1 is 1.21 bits per heavy atom. The number of hydrogen-bond acceptors (Lipinski definition) is 5. The molecule has 0 atom stereocenters. The van der Waals surface area contributed by atoms with Crippen LogP contribution >= 0.6 is 27.3 Å². The second kappa shape index (κ2) is 8.52. The van der Waals surface area contributed by atoms with Crippen LogP contribution in [0.3, 0.4) is 0 Å². The first-order valence-electron chi connectivity index (χ1n) is 8.36. The lowest BCUT2D eigenvalue weighted by atomic mass is 10.1. The van der Waals surface area contributed by atoms with Crippen molar-refractivity contribution in [1.29, 1.82) is 0 Å². The van der Waals surface area contributed by atoms with Gasteiger partial charge >= 0.3 is 0 Å². The van der Waals surface area contributed by atoms with Gasteiger partial charge in [0.2, 0.25) is 10.0 Å². The van der Waals surface area contributed by atoms with Gasteiger partial charge in [0.25, 0.3) is 5.91 Å².